The van der Waals surface area contributed by atoms with Gasteiger partial charge in [-0.05, 0) is 56.3 Å². The van der Waals surface area contributed by atoms with Crippen molar-refractivity contribution < 1.29 is 17.9 Å². The van der Waals surface area contributed by atoms with Crippen LogP contribution in [-0.2, 0) is 16.4 Å². The van der Waals surface area contributed by atoms with Crippen LogP contribution in [0.2, 0.25) is 0 Å². The number of anilines is 1. The van der Waals surface area contributed by atoms with Gasteiger partial charge in [-0.2, -0.15) is 0 Å². The second kappa shape index (κ2) is 9.24. The molecule has 2 aromatic carbocycles. The topological polar surface area (TPSA) is 71.1 Å². The first kappa shape index (κ1) is 22.4. The van der Waals surface area contributed by atoms with Crippen LogP contribution in [0.1, 0.15) is 23.6 Å². The SMILES string of the molecule is COc1ccc(S(=O)(=O)NC[C@@H](c2ccc3c(c2)CCCN3C)N(C)C)c(OC)c1. The van der Waals surface area contributed by atoms with E-state index in [1.807, 2.05) is 19.0 Å². The van der Waals surface area contributed by atoms with Crippen LogP contribution in [0, 0.1) is 0 Å². The van der Waals surface area contributed by atoms with E-state index in [1.165, 1.54) is 31.5 Å². The molecule has 2 aromatic rings. The van der Waals surface area contributed by atoms with E-state index in [0.29, 0.717) is 5.75 Å². The average Bonchev–Trinajstić information content (AvgIpc) is 2.73. The van der Waals surface area contributed by atoms with E-state index in [-0.39, 0.29) is 23.2 Å². The average molecular weight is 434 g/mol. The first-order valence-electron chi connectivity index (χ1n) is 9.99. The summed E-state index contributed by atoms with van der Waals surface area (Å²) in [5, 5.41) is 0. The molecule has 1 N–H and O–H groups in total. The third kappa shape index (κ3) is 4.71. The maximum absolute atomic E-state index is 13.0. The molecule has 0 aliphatic carbocycles. The number of nitrogens with one attached hydrogen (secondary N) is 1. The van der Waals surface area contributed by atoms with Crippen LogP contribution in [0.5, 0.6) is 11.5 Å². The van der Waals surface area contributed by atoms with Crippen molar-refractivity contribution in [1.29, 1.82) is 0 Å². The summed E-state index contributed by atoms with van der Waals surface area (Å²) >= 11 is 0. The smallest absolute Gasteiger partial charge is 0.244 e. The van der Waals surface area contributed by atoms with Crippen molar-refractivity contribution in [3.8, 4) is 11.5 Å². The van der Waals surface area contributed by atoms with Crippen molar-refractivity contribution in [2.24, 2.45) is 0 Å². The Hall–Kier alpha value is -2.29. The van der Waals surface area contributed by atoms with Gasteiger partial charge < -0.3 is 19.3 Å². The zero-order valence-electron chi connectivity index (χ0n) is 18.3. The van der Waals surface area contributed by atoms with E-state index >= 15 is 0 Å². The van der Waals surface area contributed by atoms with Gasteiger partial charge in [0, 0.05) is 37.9 Å². The number of ether oxygens (including phenoxy) is 2. The number of likely N-dealkylation sites (N-methyl/N-ethyl adjacent to an activating group) is 1. The molecule has 0 fully saturated rings. The molecule has 3 rings (SSSR count). The molecule has 164 valence electrons. The fraction of sp³-hybridized carbons (Fsp3) is 0.455. The van der Waals surface area contributed by atoms with Gasteiger partial charge in [-0.1, -0.05) is 12.1 Å². The number of sulfonamides is 1. The molecule has 0 aromatic heterocycles. The van der Waals surface area contributed by atoms with Gasteiger partial charge in [0.2, 0.25) is 10.0 Å². The molecule has 0 bridgehead atoms. The van der Waals surface area contributed by atoms with E-state index in [0.717, 1.165) is 24.9 Å². The molecular weight excluding hydrogens is 402 g/mol. The number of nitrogens with zero attached hydrogens (tertiary/aromatic N) is 2. The summed E-state index contributed by atoms with van der Waals surface area (Å²) in [6, 6.07) is 11.0. The first-order chi connectivity index (χ1) is 14.3. The van der Waals surface area contributed by atoms with E-state index in [2.05, 4.69) is 34.9 Å². The molecule has 0 amide bonds. The summed E-state index contributed by atoms with van der Waals surface area (Å²) in [5.41, 5.74) is 3.66. The Morgan fingerprint density at radius 1 is 1.13 bits per heavy atom. The van der Waals surface area contributed by atoms with E-state index in [4.69, 9.17) is 9.47 Å². The first-order valence-corrected chi connectivity index (χ1v) is 11.5. The van der Waals surface area contributed by atoms with Crippen LogP contribution in [-0.4, -0.2) is 61.8 Å². The summed E-state index contributed by atoms with van der Waals surface area (Å²) in [6.07, 6.45) is 2.17. The van der Waals surface area contributed by atoms with Crippen LogP contribution in [0.3, 0.4) is 0 Å². The molecule has 7 nitrogen and oxygen atoms in total. The molecule has 1 heterocycles. The monoisotopic (exact) mass is 433 g/mol. The van der Waals surface area contributed by atoms with Gasteiger partial charge in [-0.3, -0.25) is 0 Å². The lowest BCUT2D eigenvalue weighted by Crippen LogP contribution is -2.35. The normalized spacial score (nSPS) is 15.1. The summed E-state index contributed by atoms with van der Waals surface area (Å²) in [7, 11) is 5.24. The quantitative estimate of drug-likeness (QED) is 0.690. The van der Waals surface area contributed by atoms with Gasteiger partial charge in [-0.25, -0.2) is 13.1 Å². The zero-order chi connectivity index (χ0) is 21.9. The largest absolute Gasteiger partial charge is 0.497 e. The number of aryl methyl sites for hydroxylation is 1. The standard InChI is InChI=1S/C22H31N3O4S/c1-24(2)20(17-8-10-19-16(13-17)7-6-12-25(19)3)15-23-30(26,27)22-11-9-18(28-4)14-21(22)29-5/h8-11,13-14,20,23H,6-7,12,15H2,1-5H3/t20-/m0/s1. The minimum atomic E-state index is -3.76. The van der Waals surface area contributed by atoms with Crippen molar-refractivity contribution in [2.45, 2.75) is 23.8 Å². The lowest BCUT2D eigenvalue weighted by molar-refractivity contribution is 0.299. The summed E-state index contributed by atoms with van der Waals surface area (Å²) < 4.78 is 39.2. The highest BCUT2D eigenvalue weighted by Crippen LogP contribution is 2.31. The van der Waals surface area contributed by atoms with Crippen LogP contribution in [0.25, 0.3) is 0 Å². The third-order valence-electron chi connectivity index (χ3n) is 5.59. The van der Waals surface area contributed by atoms with Crippen molar-refractivity contribution in [2.75, 3.05) is 53.4 Å². The van der Waals surface area contributed by atoms with E-state index in [9.17, 15) is 8.42 Å². The van der Waals surface area contributed by atoms with Crippen LogP contribution in [0.15, 0.2) is 41.3 Å². The molecule has 8 heteroatoms. The van der Waals surface area contributed by atoms with Gasteiger partial charge in [0.05, 0.1) is 14.2 Å². The second-order valence-corrected chi connectivity index (χ2v) is 9.50. The number of benzene rings is 2. The molecule has 0 spiro atoms. The van der Waals surface area contributed by atoms with E-state index in [1.54, 1.807) is 12.1 Å². The lowest BCUT2D eigenvalue weighted by atomic mass is 9.96. The van der Waals surface area contributed by atoms with Crippen LogP contribution >= 0.6 is 0 Å². The Morgan fingerprint density at radius 3 is 2.57 bits per heavy atom. The lowest BCUT2D eigenvalue weighted by Gasteiger charge is -2.30. The zero-order valence-corrected chi connectivity index (χ0v) is 19.1. The molecule has 1 atom stereocenters. The third-order valence-corrected chi connectivity index (χ3v) is 7.05. The van der Waals surface area contributed by atoms with Gasteiger partial charge in [0.1, 0.15) is 16.4 Å². The molecular formula is C22H31N3O4S. The Labute approximate surface area is 179 Å². The predicted molar refractivity (Wildman–Crippen MR) is 119 cm³/mol. The molecule has 30 heavy (non-hydrogen) atoms. The number of hydrogen-bond donors (Lipinski definition) is 1. The number of fused-ring (bicyclic) bond motifs is 1. The summed E-state index contributed by atoms with van der Waals surface area (Å²) in [4.78, 5) is 4.39. The number of rotatable bonds is 8. The Kier molecular flexibility index (Phi) is 6.90. The maximum Gasteiger partial charge on any atom is 0.244 e. The highest BCUT2D eigenvalue weighted by molar-refractivity contribution is 7.89. The Bertz CT molecular complexity index is 992. The molecule has 0 saturated carbocycles. The van der Waals surface area contributed by atoms with Gasteiger partial charge >= 0.3 is 0 Å². The summed E-state index contributed by atoms with van der Waals surface area (Å²) in [5.74, 6) is 0.788. The molecule has 0 unspecified atom stereocenters. The molecule has 1 aliphatic heterocycles. The summed E-state index contributed by atoms with van der Waals surface area (Å²) in [6.45, 7) is 1.31. The van der Waals surface area contributed by atoms with Gasteiger partial charge in [0.15, 0.2) is 0 Å². The van der Waals surface area contributed by atoms with Crippen molar-refractivity contribution in [3.05, 3.63) is 47.5 Å². The van der Waals surface area contributed by atoms with E-state index < -0.39 is 10.0 Å². The molecule has 1 aliphatic rings. The maximum atomic E-state index is 13.0. The number of hydrogen-bond acceptors (Lipinski definition) is 6. The second-order valence-electron chi connectivity index (χ2n) is 7.76. The van der Waals surface area contributed by atoms with Crippen molar-refractivity contribution >= 4 is 15.7 Å². The Balaban J connectivity index is 1.83. The van der Waals surface area contributed by atoms with Crippen molar-refractivity contribution in [1.82, 2.24) is 9.62 Å². The van der Waals surface area contributed by atoms with Crippen molar-refractivity contribution in [3.63, 3.8) is 0 Å². The highest BCUT2D eigenvalue weighted by Gasteiger charge is 2.24. The minimum Gasteiger partial charge on any atom is -0.497 e. The van der Waals surface area contributed by atoms with Gasteiger partial charge in [0.25, 0.3) is 0 Å². The molecule has 0 radical (unpaired) electrons. The highest BCUT2D eigenvalue weighted by atomic mass is 32.2. The molecule has 0 saturated heterocycles. The van der Waals surface area contributed by atoms with Gasteiger partial charge in [-0.15, -0.1) is 0 Å². The Morgan fingerprint density at radius 2 is 1.90 bits per heavy atom. The van der Waals surface area contributed by atoms with Crippen LogP contribution in [0.4, 0.5) is 5.69 Å². The fourth-order valence-corrected chi connectivity index (χ4v) is 5.06. The minimum absolute atomic E-state index is 0.0929. The number of methoxy groups -OCH3 is 2. The van der Waals surface area contributed by atoms with Crippen LogP contribution < -0.4 is 19.1 Å². The fourth-order valence-electron chi connectivity index (χ4n) is 3.87. The predicted octanol–water partition coefficient (Wildman–Crippen LogP) is 2.67.